The fourth-order valence-corrected chi connectivity index (χ4v) is 8.07. The van der Waals surface area contributed by atoms with Gasteiger partial charge < -0.3 is 20.8 Å². The maximum absolute atomic E-state index is 6.99. The molecule has 236 valence electrons. The van der Waals surface area contributed by atoms with E-state index in [-0.39, 0.29) is 6.04 Å². The number of rotatable bonds is 3. The van der Waals surface area contributed by atoms with Crippen molar-refractivity contribution >= 4 is 21.8 Å². The summed E-state index contributed by atoms with van der Waals surface area (Å²) in [7, 11) is 0. The highest BCUT2D eigenvalue weighted by atomic mass is 16.5. The summed E-state index contributed by atoms with van der Waals surface area (Å²) in [5, 5.41) is 2.52. The predicted octanol–water partition coefficient (Wildman–Crippen LogP) is 9.78. The third-order valence-corrected chi connectivity index (χ3v) is 10.2. The Balaban J connectivity index is 0.000000360. The van der Waals surface area contributed by atoms with E-state index in [1.165, 1.54) is 44.2 Å². The zero-order valence-electron chi connectivity index (χ0n) is 27.0. The van der Waals surface area contributed by atoms with Crippen LogP contribution in [0.1, 0.15) is 45.0 Å². The van der Waals surface area contributed by atoms with Crippen molar-refractivity contribution in [1.29, 1.82) is 0 Å². The molecule has 0 amide bonds. The number of ether oxygens (including phenoxy) is 1. The van der Waals surface area contributed by atoms with Crippen molar-refractivity contribution in [2.75, 3.05) is 0 Å². The van der Waals surface area contributed by atoms with Gasteiger partial charge in [0.2, 0.25) is 0 Å². The lowest BCUT2D eigenvalue weighted by molar-refractivity contribution is 0.426. The molecule has 1 aromatic heterocycles. The van der Waals surface area contributed by atoms with Crippen molar-refractivity contribution in [1.82, 2.24) is 4.57 Å². The molecular formula is C45H35N3O. The van der Waals surface area contributed by atoms with Gasteiger partial charge in [0.25, 0.3) is 0 Å². The third-order valence-electron chi connectivity index (χ3n) is 10.2. The van der Waals surface area contributed by atoms with E-state index >= 15 is 0 Å². The summed E-state index contributed by atoms with van der Waals surface area (Å²) in [4.78, 5) is 0. The van der Waals surface area contributed by atoms with Crippen LogP contribution in [0.3, 0.4) is 0 Å². The molecule has 0 saturated heterocycles. The summed E-state index contributed by atoms with van der Waals surface area (Å²) in [5.41, 5.74) is 23.4. The van der Waals surface area contributed by atoms with Crippen molar-refractivity contribution in [2.45, 2.75) is 18.0 Å². The predicted molar refractivity (Wildman–Crippen MR) is 200 cm³/mol. The maximum atomic E-state index is 6.99. The largest absolute Gasteiger partial charge is 0.456 e. The van der Waals surface area contributed by atoms with Crippen molar-refractivity contribution in [3.8, 4) is 17.2 Å². The highest BCUT2D eigenvalue weighted by molar-refractivity contribution is 6.12. The van der Waals surface area contributed by atoms with Crippen LogP contribution in [0.5, 0.6) is 11.5 Å². The molecule has 4 N–H and O–H groups in total. The summed E-state index contributed by atoms with van der Waals surface area (Å²) in [6, 6.07) is 59.3. The van der Waals surface area contributed by atoms with E-state index in [4.69, 9.17) is 16.2 Å². The van der Waals surface area contributed by atoms with Crippen molar-refractivity contribution in [2.24, 2.45) is 11.5 Å². The molecule has 2 aliphatic rings. The lowest BCUT2D eigenvalue weighted by Gasteiger charge is -2.45. The van der Waals surface area contributed by atoms with E-state index in [0.717, 1.165) is 33.8 Å². The average molecular weight is 634 g/mol. The van der Waals surface area contributed by atoms with E-state index < -0.39 is 5.41 Å². The number of hydrogen-bond acceptors (Lipinski definition) is 3. The molecule has 7 aromatic carbocycles. The smallest absolute Gasteiger partial charge is 0.137 e. The van der Waals surface area contributed by atoms with Crippen molar-refractivity contribution in [3.63, 3.8) is 0 Å². The van der Waals surface area contributed by atoms with Gasteiger partial charge in [-0.15, -0.1) is 0 Å². The summed E-state index contributed by atoms with van der Waals surface area (Å²) in [6.07, 6.45) is 0. The zero-order valence-corrected chi connectivity index (χ0v) is 27.0. The molecule has 0 aliphatic carbocycles. The third kappa shape index (κ3) is 4.32. The minimum absolute atomic E-state index is 0.325. The van der Waals surface area contributed by atoms with Crippen molar-refractivity contribution in [3.05, 3.63) is 209 Å². The first-order valence-corrected chi connectivity index (χ1v) is 16.8. The minimum atomic E-state index is -0.586. The number of aromatic nitrogens is 1. The second kappa shape index (κ2) is 11.6. The van der Waals surface area contributed by atoms with Gasteiger partial charge in [-0.05, 0) is 40.5 Å². The minimum Gasteiger partial charge on any atom is -0.456 e. The van der Waals surface area contributed by atoms with E-state index in [0.29, 0.717) is 6.54 Å². The van der Waals surface area contributed by atoms with Crippen LogP contribution in [0, 0.1) is 0 Å². The maximum Gasteiger partial charge on any atom is 0.137 e. The Morgan fingerprint density at radius 1 is 0.551 bits per heavy atom. The average Bonchev–Trinajstić information content (AvgIpc) is 3.52. The van der Waals surface area contributed by atoms with Gasteiger partial charge in [-0.3, -0.25) is 0 Å². The molecule has 3 heterocycles. The second-order valence-corrected chi connectivity index (χ2v) is 12.7. The van der Waals surface area contributed by atoms with E-state index in [9.17, 15) is 0 Å². The molecule has 0 saturated carbocycles. The number of para-hydroxylation sites is 5. The quantitative estimate of drug-likeness (QED) is 0.204. The number of nitrogens with zero attached hydrogens (tertiary/aromatic N) is 1. The summed E-state index contributed by atoms with van der Waals surface area (Å²) in [6.45, 7) is 0.640. The van der Waals surface area contributed by atoms with Gasteiger partial charge in [0.05, 0.1) is 28.2 Å². The molecule has 10 rings (SSSR count). The Labute approximate surface area is 285 Å². The van der Waals surface area contributed by atoms with Gasteiger partial charge in [-0.1, -0.05) is 152 Å². The van der Waals surface area contributed by atoms with E-state index in [2.05, 4.69) is 126 Å². The monoisotopic (exact) mass is 633 g/mol. The van der Waals surface area contributed by atoms with Gasteiger partial charge in [0.1, 0.15) is 11.5 Å². The van der Waals surface area contributed by atoms with Gasteiger partial charge in [-0.2, -0.15) is 0 Å². The van der Waals surface area contributed by atoms with Crippen LogP contribution in [-0.4, -0.2) is 4.57 Å². The first-order chi connectivity index (χ1) is 24.2. The van der Waals surface area contributed by atoms with E-state index in [1.807, 2.05) is 48.5 Å². The Morgan fingerprint density at radius 3 is 1.96 bits per heavy atom. The van der Waals surface area contributed by atoms with Crippen LogP contribution in [0.25, 0.3) is 27.5 Å². The van der Waals surface area contributed by atoms with Crippen LogP contribution in [0.15, 0.2) is 170 Å². The normalized spacial score (nSPS) is 15.8. The first kappa shape index (κ1) is 29.2. The van der Waals surface area contributed by atoms with Gasteiger partial charge in [-0.25, -0.2) is 0 Å². The molecule has 1 spiro atoms. The standard InChI is InChI=1S/C38H26N2O.C7H9N/c39-35(24-12-2-1-3-13-24)27-16-11-20-31-37(27)41-34-23-9-6-18-29(34)38(31)28-17-5-8-22-33(28)40-32-21-7-4-14-25(32)26-15-10-19-30(38)36(26)40;8-6-7-4-2-1-3-5-7/h1-23,35H,39H2;1-5H,6,8H2. The molecular weight excluding hydrogens is 599 g/mol. The molecule has 4 heteroatoms. The Kier molecular flexibility index (Phi) is 6.94. The molecule has 2 atom stereocenters. The van der Waals surface area contributed by atoms with Crippen LogP contribution < -0.4 is 16.2 Å². The SMILES string of the molecule is NC(c1ccccc1)c1cccc2c1Oc1ccccc1C21c2ccccc2-n2c3ccccc3c3cccc1c32.NCc1ccccc1. The molecule has 0 radical (unpaired) electrons. The van der Waals surface area contributed by atoms with Crippen LogP contribution in [-0.2, 0) is 12.0 Å². The Hall–Kier alpha value is -5.94. The number of benzene rings is 7. The molecule has 0 fully saturated rings. The lowest BCUT2D eigenvalue weighted by Crippen LogP contribution is -2.38. The highest BCUT2D eigenvalue weighted by Gasteiger charge is 2.50. The molecule has 49 heavy (non-hydrogen) atoms. The lowest BCUT2D eigenvalue weighted by atomic mass is 9.61. The molecule has 2 aliphatic heterocycles. The summed E-state index contributed by atoms with van der Waals surface area (Å²) < 4.78 is 9.31. The fourth-order valence-electron chi connectivity index (χ4n) is 8.07. The summed E-state index contributed by atoms with van der Waals surface area (Å²) in [5.74, 6) is 1.71. The van der Waals surface area contributed by atoms with Gasteiger partial charge in [0, 0.05) is 34.0 Å². The van der Waals surface area contributed by atoms with Crippen LogP contribution in [0.4, 0.5) is 0 Å². The van der Waals surface area contributed by atoms with Gasteiger partial charge in [0.15, 0.2) is 0 Å². The fraction of sp³-hybridized carbons (Fsp3) is 0.0667. The Bertz CT molecular complexity index is 2480. The number of nitrogens with two attached hydrogens (primary N) is 2. The highest BCUT2D eigenvalue weighted by Crippen LogP contribution is 2.61. The number of fused-ring (bicyclic) bond motifs is 11. The first-order valence-electron chi connectivity index (χ1n) is 16.8. The molecule has 8 aromatic rings. The molecule has 2 unspecified atom stereocenters. The van der Waals surface area contributed by atoms with Crippen LogP contribution in [0.2, 0.25) is 0 Å². The molecule has 4 nitrogen and oxygen atoms in total. The topological polar surface area (TPSA) is 66.2 Å². The van der Waals surface area contributed by atoms with Crippen LogP contribution >= 0.6 is 0 Å². The van der Waals surface area contributed by atoms with Gasteiger partial charge >= 0.3 is 0 Å². The Morgan fingerprint density at radius 2 is 1.16 bits per heavy atom. The van der Waals surface area contributed by atoms with E-state index in [1.54, 1.807) is 0 Å². The summed E-state index contributed by atoms with van der Waals surface area (Å²) >= 11 is 0. The molecule has 0 bridgehead atoms. The number of hydrogen-bond donors (Lipinski definition) is 2. The van der Waals surface area contributed by atoms with Crippen molar-refractivity contribution < 1.29 is 4.74 Å². The zero-order chi connectivity index (χ0) is 33.0. The second-order valence-electron chi connectivity index (χ2n) is 12.7.